The van der Waals surface area contributed by atoms with Crippen LogP contribution in [0.25, 0.3) is 15.9 Å². The molecule has 0 radical (unpaired) electrons. The maximum absolute atomic E-state index is 13.0. The second-order valence-electron chi connectivity index (χ2n) is 9.37. The van der Waals surface area contributed by atoms with Crippen molar-refractivity contribution >= 4 is 44.7 Å². The summed E-state index contributed by atoms with van der Waals surface area (Å²) in [5.74, 6) is 1.35. The Morgan fingerprint density at radius 3 is 2.82 bits per heavy atom. The molecule has 0 aliphatic carbocycles. The zero-order valence-electron chi connectivity index (χ0n) is 19.1. The van der Waals surface area contributed by atoms with Crippen LogP contribution >= 0.6 is 11.3 Å². The van der Waals surface area contributed by atoms with Crippen molar-refractivity contribution in [2.24, 2.45) is 0 Å². The molecule has 1 amide bonds. The second-order valence-corrected chi connectivity index (χ2v) is 10.4. The Hall–Kier alpha value is -3.04. The lowest BCUT2D eigenvalue weighted by Crippen LogP contribution is -2.43. The number of aryl methyl sites for hydroxylation is 2. The molecule has 0 aromatic carbocycles. The number of carbonyl (C=O) groups is 1. The summed E-state index contributed by atoms with van der Waals surface area (Å²) in [6, 6.07) is 6.08. The summed E-state index contributed by atoms with van der Waals surface area (Å²) in [5, 5.41) is 3.93. The van der Waals surface area contributed by atoms with Crippen LogP contribution in [-0.4, -0.2) is 62.4 Å². The van der Waals surface area contributed by atoms with E-state index in [1.54, 1.807) is 6.20 Å². The summed E-state index contributed by atoms with van der Waals surface area (Å²) in [4.78, 5) is 33.3. The first-order chi connectivity index (χ1) is 15.9. The Morgan fingerprint density at radius 1 is 1.12 bits per heavy atom. The van der Waals surface area contributed by atoms with Crippen LogP contribution in [0.3, 0.4) is 0 Å². The number of carbonyl (C=O) groups excluding carboxylic acids is 1. The van der Waals surface area contributed by atoms with E-state index in [0.29, 0.717) is 16.2 Å². The Morgan fingerprint density at radius 2 is 2.00 bits per heavy atom. The molecule has 1 unspecified atom stereocenters. The molecule has 0 bridgehead atoms. The van der Waals surface area contributed by atoms with Crippen molar-refractivity contribution in [1.29, 1.82) is 0 Å². The van der Waals surface area contributed by atoms with Crippen LogP contribution in [0, 0.1) is 13.8 Å². The summed E-state index contributed by atoms with van der Waals surface area (Å²) in [7, 11) is 2.25. The van der Waals surface area contributed by atoms with Crippen molar-refractivity contribution in [2.45, 2.75) is 38.6 Å². The third-order valence-corrected chi connectivity index (χ3v) is 8.20. The van der Waals surface area contributed by atoms with Gasteiger partial charge >= 0.3 is 0 Å². The molecule has 33 heavy (non-hydrogen) atoms. The highest BCUT2D eigenvalue weighted by Crippen LogP contribution is 2.38. The fourth-order valence-electron chi connectivity index (χ4n) is 5.35. The Bertz CT molecular complexity index is 1390. The molecule has 4 aromatic heterocycles. The molecule has 2 aliphatic rings. The molecule has 0 saturated carbocycles. The summed E-state index contributed by atoms with van der Waals surface area (Å²) in [6.45, 7) is 7.08. The van der Waals surface area contributed by atoms with Crippen LogP contribution in [0.15, 0.2) is 30.6 Å². The fraction of sp³-hybridized carbons (Fsp3) is 0.417. The molecule has 9 heteroatoms. The lowest BCUT2D eigenvalue weighted by Gasteiger charge is -2.32. The maximum Gasteiger partial charge on any atom is 0.267 e. The number of rotatable bonds is 3. The third kappa shape index (κ3) is 3.46. The Balaban J connectivity index is 1.23. The third-order valence-electron chi connectivity index (χ3n) is 7.16. The second kappa shape index (κ2) is 7.50. The number of pyridine rings is 1. The normalized spacial score (nSPS) is 21.1. The number of thiophene rings is 1. The van der Waals surface area contributed by atoms with Gasteiger partial charge in [0.15, 0.2) is 5.65 Å². The minimum absolute atomic E-state index is 0.171. The van der Waals surface area contributed by atoms with Crippen molar-refractivity contribution in [3.8, 4) is 0 Å². The number of likely N-dealkylation sites (tertiary alicyclic amines) is 1. The number of aromatic nitrogens is 4. The molecule has 2 fully saturated rings. The number of likely N-dealkylation sites (N-methyl/N-ethyl adjacent to an activating group) is 1. The van der Waals surface area contributed by atoms with E-state index in [1.165, 1.54) is 37.1 Å². The van der Waals surface area contributed by atoms with Gasteiger partial charge in [-0.25, -0.2) is 15.0 Å². The van der Waals surface area contributed by atoms with E-state index in [-0.39, 0.29) is 5.91 Å². The quantitative estimate of drug-likeness (QED) is 0.499. The van der Waals surface area contributed by atoms with E-state index in [0.717, 1.165) is 46.2 Å². The molecule has 6 heterocycles. The fourth-order valence-corrected chi connectivity index (χ4v) is 6.27. The van der Waals surface area contributed by atoms with Crippen LogP contribution in [0.1, 0.15) is 40.3 Å². The lowest BCUT2D eigenvalue weighted by molar-refractivity contribution is 0.103. The van der Waals surface area contributed by atoms with Gasteiger partial charge < -0.3 is 14.6 Å². The Labute approximate surface area is 196 Å². The first-order valence-corrected chi connectivity index (χ1v) is 12.2. The van der Waals surface area contributed by atoms with Gasteiger partial charge in [-0.3, -0.25) is 9.69 Å². The highest BCUT2D eigenvalue weighted by Gasteiger charge is 2.44. The van der Waals surface area contributed by atoms with Gasteiger partial charge in [-0.2, -0.15) is 0 Å². The smallest absolute Gasteiger partial charge is 0.267 e. The first kappa shape index (κ1) is 20.6. The van der Waals surface area contributed by atoms with Gasteiger partial charge in [-0.15, -0.1) is 11.3 Å². The SMILES string of the molecule is Cc1cn2cc(NC(=O)c3cc4ccc(N5CCC6(CCCN6C)C5)nc4s3)nc(C)c2n1. The molecule has 1 N–H and O–H groups in total. The molecule has 2 aliphatic heterocycles. The van der Waals surface area contributed by atoms with Gasteiger partial charge in [0.2, 0.25) is 0 Å². The first-order valence-electron chi connectivity index (χ1n) is 11.4. The number of amides is 1. The van der Waals surface area contributed by atoms with E-state index in [1.807, 2.05) is 30.5 Å². The summed E-state index contributed by atoms with van der Waals surface area (Å²) >= 11 is 1.43. The highest BCUT2D eigenvalue weighted by molar-refractivity contribution is 7.20. The van der Waals surface area contributed by atoms with E-state index in [2.05, 4.69) is 44.3 Å². The van der Waals surface area contributed by atoms with Crippen molar-refractivity contribution < 1.29 is 4.79 Å². The largest absolute Gasteiger partial charge is 0.355 e. The molecular weight excluding hydrogens is 434 g/mol. The number of nitrogens with one attached hydrogen (secondary N) is 1. The number of fused-ring (bicyclic) bond motifs is 2. The van der Waals surface area contributed by atoms with Crippen LogP contribution in [0.5, 0.6) is 0 Å². The highest BCUT2D eigenvalue weighted by atomic mass is 32.1. The average molecular weight is 462 g/mol. The van der Waals surface area contributed by atoms with Crippen molar-refractivity contribution in [3.63, 3.8) is 0 Å². The van der Waals surface area contributed by atoms with Crippen LogP contribution in [0.4, 0.5) is 11.6 Å². The minimum Gasteiger partial charge on any atom is -0.355 e. The zero-order valence-corrected chi connectivity index (χ0v) is 19.9. The number of imidazole rings is 1. The molecule has 4 aromatic rings. The molecule has 1 spiro atoms. The van der Waals surface area contributed by atoms with Gasteiger partial charge in [-0.1, -0.05) is 0 Å². The molecular formula is C24H27N7OS. The number of hydrogen-bond acceptors (Lipinski definition) is 7. The molecule has 2 saturated heterocycles. The number of anilines is 2. The molecule has 170 valence electrons. The van der Waals surface area contributed by atoms with Gasteiger partial charge in [0, 0.05) is 30.2 Å². The van der Waals surface area contributed by atoms with E-state index >= 15 is 0 Å². The van der Waals surface area contributed by atoms with Gasteiger partial charge in [0.05, 0.1) is 22.5 Å². The van der Waals surface area contributed by atoms with Crippen molar-refractivity contribution in [1.82, 2.24) is 24.3 Å². The van der Waals surface area contributed by atoms with Crippen LogP contribution in [-0.2, 0) is 0 Å². The molecule has 8 nitrogen and oxygen atoms in total. The van der Waals surface area contributed by atoms with Crippen LogP contribution in [0.2, 0.25) is 0 Å². The molecule has 1 atom stereocenters. The predicted octanol–water partition coefficient (Wildman–Crippen LogP) is 3.88. The molecule has 6 rings (SSSR count). The lowest BCUT2D eigenvalue weighted by atomic mass is 9.96. The summed E-state index contributed by atoms with van der Waals surface area (Å²) in [6.07, 6.45) is 7.46. The van der Waals surface area contributed by atoms with E-state index in [4.69, 9.17) is 4.98 Å². The minimum atomic E-state index is -0.171. The van der Waals surface area contributed by atoms with Gasteiger partial charge in [0.1, 0.15) is 16.5 Å². The predicted molar refractivity (Wildman–Crippen MR) is 131 cm³/mol. The van der Waals surface area contributed by atoms with Crippen molar-refractivity contribution in [3.05, 3.63) is 46.9 Å². The average Bonchev–Trinajstić information content (AvgIpc) is 3.55. The van der Waals surface area contributed by atoms with E-state index in [9.17, 15) is 4.79 Å². The van der Waals surface area contributed by atoms with Crippen LogP contribution < -0.4 is 10.2 Å². The topological polar surface area (TPSA) is 78.7 Å². The van der Waals surface area contributed by atoms with Crippen molar-refractivity contribution in [2.75, 3.05) is 36.9 Å². The summed E-state index contributed by atoms with van der Waals surface area (Å²) < 4.78 is 1.90. The summed E-state index contributed by atoms with van der Waals surface area (Å²) in [5.41, 5.74) is 2.80. The van der Waals surface area contributed by atoms with E-state index < -0.39 is 0 Å². The zero-order chi connectivity index (χ0) is 22.7. The standard InChI is InChI=1S/C24H27N7OS/c1-15-12-31-13-19(26-16(2)21(31)25-15)27-22(32)18-11-17-5-6-20(28-23(17)33-18)30-10-8-24(14-30)7-4-9-29(24)3/h5-6,11-13H,4,7-10,14H2,1-3H3,(H,27,32). The number of hydrogen-bond donors (Lipinski definition) is 1. The monoisotopic (exact) mass is 461 g/mol. The number of nitrogens with zero attached hydrogens (tertiary/aromatic N) is 6. The Kier molecular flexibility index (Phi) is 4.67. The van der Waals surface area contributed by atoms with Gasteiger partial charge in [-0.05, 0) is 64.9 Å². The maximum atomic E-state index is 13.0. The van der Waals surface area contributed by atoms with Gasteiger partial charge in [0.25, 0.3) is 5.91 Å².